The maximum Gasteiger partial charge on any atom is 0.230 e. The van der Waals surface area contributed by atoms with Crippen LogP contribution >= 0.6 is 11.8 Å². The van der Waals surface area contributed by atoms with E-state index in [-0.39, 0.29) is 17.7 Å². The lowest BCUT2D eigenvalue weighted by atomic mass is 10.1. The van der Waals surface area contributed by atoms with E-state index >= 15 is 0 Å². The second-order valence-electron chi connectivity index (χ2n) is 7.02. The highest BCUT2D eigenvalue weighted by molar-refractivity contribution is 7.99. The van der Waals surface area contributed by atoms with Crippen LogP contribution in [0.3, 0.4) is 0 Å². The van der Waals surface area contributed by atoms with Gasteiger partial charge in [-0.1, -0.05) is 42.1 Å². The van der Waals surface area contributed by atoms with Crippen LogP contribution in [0.5, 0.6) is 11.5 Å². The number of ether oxygens (including phenoxy) is 2. The molecule has 0 radical (unpaired) electrons. The van der Waals surface area contributed by atoms with Crippen molar-refractivity contribution in [3.63, 3.8) is 0 Å². The summed E-state index contributed by atoms with van der Waals surface area (Å²) in [7, 11) is 3.15. The van der Waals surface area contributed by atoms with E-state index in [0.717, 1.165) is 12.8 Å². The fraction of sp³-hybridized carbons (Fsp3) is 0.318. The molecule has 0 aliphatic carbocycles. The van der Waals surface area contributed by atoms with Crippen molar-refractivity contribution >= 4 is 17.7 Å². The molecule has 0 bridgehead atoms. The molecule has 8 nitrogen and oxygen atoms in total. The Kier molecular flexibility index (Phi) is 7.77. The first-order chi connectivity index (χ1) is 15.0. The summed E-state index contributed by atoms with van der Waals surface area (Å²) in [6.07, 6.45) is 1.79. The zero-order valence-corrected chi connectivity index (χ0v) is 18.7. The molecule has 1 aromatic heterocycles. The van der Waals surface area contributed by atoms with Crippen LogP contribution in [0, 0.1) is 0 Å². The minimum atomic E-state index is -0.0721. The predicted octanol–water partition coefficient (Wildman–Crippen LogP) is 2.91. The van der Waals surface area contributed by atoms with Crippen LogP contribution in [0.1, 0.15) is 18.9 Å². The van der Waals surface area contributed by atoms with E-state index in [2.05, 4.69) is 27.6 Å². The fourth-order valence-corrected chi connectivity index (χ4v) is 3.76. The fourth-order valence-electron chi connectivity index (χ4n) is 3.09. The maximum absolute atomic E-state index is 12.3. The van der Waals surface area contributed by atoms with Gasteiger partial charge in [0.25, 0.3) is 0 Å². The average molecular weight is 442 g/mol. The molecule has 0 aliphatic heterocycles. The molecule has 0 saturated heterocycles. The van der Waals surface area contributed by atoms with Crippen molar-refractivity contribution in [3.05, 3.63) is 54.1 Å². The number of nitrogens with zero attached hydrogens (tertiary/aromatic N) is 3. The molecule has 31 heavy (non-hydrogen) atoms. The lowest BCUT2D eigenvalue weighted by Crippen LogP contribution is -2.34. The van der Waals surface area contributed by atoms with Gasteiger partial charge in [-0.05, 0) is 37.5 Å². The minimum Gasteiger partial charge on any atom is -0.497 e. The number of aromatic nitrogens is 3. The molecule has 0 saturated carbocycles. The number of amides is 1. The third-order valence-electron chi connectivity index (χ3n) is 4.76. The lowest BCUT2D eigenvalue weighted by Gasteiger charge is -2.13. The first kappa shape index (κ1) is 22.5. The van der Waals surface area contributed by atoms with E-state index in [0.29, 0.717) is 28.0 Å². The van der Waals surface area contributed by atoms with Crippen LogP contribution in [-0.2, 0) is 11.2 Å². The molecule has 3 N–H and O–H groups in total. The zero-order chi connectivity index (χ0) is 22.2. The third-order valence-corrected chi connectivity index (χ3v) is 5.71. The Balaban J connectivity index is 1.55. The van der Waals surface area contributed by atoms with Crippen LogP contribution in [0.4, 0.5) is 0 Å². The molecule has 3 rings (SSSR count). The minimum absolute atomic E-state index is 0.0721. The predicted molar refractivity (Wildman–Crippen MR) is 122 cm³/mol. The number of rotatable bonds is 10. The van der Waals surface area contributed by atoms with E-state index < -0.39 is 0 Å². The summed E-state index contributed by atoms with van der Waals surface area (Å²) in [5.41, 5.74) is 1.94. The summed E-state index contributed by atoms with van der Waals surface area (Å²) in [6.45, 7) is 2.00. The van der Waals surface area contributed by atoms with Gasteiger partial charge >= 0.3 is 0 Å². The number of nitrogens with two attached hydrogens (primary N) is 1. The van der Waals surface area contributed by atoms with Crippen molar-refractivity contribution < 1.29 is 14.3 Å². The molecule has 0 spiro atoms. The maximum atomic E-state index is 12.3. The molecule has 0 aliphatic rings. The number of aryl methyl sites for hydroxylation is 1. The topological polar surface area (TPSA) is 104 Å². The number of carbonyl (C=O) groups is 1. The molecular weight excluding hydrogens is 414 g/mol. The number of nitrogen functional groups attached to an aromatic ring is 1. The molecule has 1 amide bonds. The third kappa shape index (κ3) is 5.91. The summed E-state index contributed by atoms with van der Waals surface area (Å²) in [5, 5.41) is 11.7. The van der Waals surface area contributed by atoms with Crippen molar-refractivity contribution in [2.75, 3.05) is 25.8 Å². The van der Waals surface area contributed by atoms with E-state index in [1.807, 2.05) is 25.1 Å². The highest BCUT2D eigenvalue weighted by atomic mass is 32.2. The van der Waals surface area contributed by atoms with Gasteiger partial charge in [-0.15, -0.1) is 10.2 Å². The van der Waals surface area contributed by atoms with Crippen molar-refractivity contribution in [2.24, 2.45) is 0 Å². The van der Waals surface area contributed by atoms with Crippen LogP contribution < -0.4 is 20.6 Å². The van der Waals surface area contributed by atoms with Gasteiger partial charge in [-0.2, -0.15) is 0 Å². The van der Waals surface area contributed by atoms with E-state index in [9.17, 15) is 4.79 Å². The van der Waals surface area contributed by atoms with Gasteiger partial charge in [0.2, 0.25) is 11.1 Å². The summed E-state index contributed by atoms with van der Waals surface area (Å²) < 4.78 is 12.0. The van der Waals surface area contributed by atoms with Gasteiger partial charge in [0.15, 0.2) is 5.82 Å². The normalized spacial score (nSPS) is 11.7. The van der Waals surface area contributed by atoms with Crippen molar-refractivity contribution in [3.8, 4) is 22.9 Å². The van der Waals surface area contributed by atoms with Crippen LogP contribution in [0.2, 0.25) is 0 Å². The average Bonchev–Trinajstić information content (AvgIpc) is 3.16. The Morgan fingerprint density at radius 3 is 2.65 bits per heavy atom. The largest absolute Gasteiger partial charge is 0.497 e. The van der Waals surface area contributed by atoms with Crippen molar-refractivity contribution in [1.29, 1.82) is 0 Å². The lowest BCUT2D eigenvalue weighted by molar-refractivity contribution is -0.119. The summed E-state index contributed by atoms with van der Waals surface area (Å²) in [5.74, 6) is 7.98. The standard InChI is InChI=1S/C22H27N5O3S/c1-15(9-10-16-7-5-4-6-8-16)24-20(28)14-31-22-26-25-21(27(22)23)18-12-11-17(29-2)13-19(18)30-3/h4-8,11-13,15H,9-10,14,23H2,1-3H3,(H,24,28). The number of hydrogen-bond acceptors (Lipinski definition) is 7. The second kappa shape index (κ2) is 10.7. The molecule has 3 aromatic rings. The number of nitrogens with one attached hydrogen (secondary N) is 1. The van der Waals surface area contributed by atoms with Gasteiger partial charge < -0.3 is 20.6 Å². The first-order valence-electron chi connectivity index (χ1n) is 9.90. The highest BCUT2D eigenvalue weighted by Gasteiger charge is 2.18. The highest BCUT2D eigenvalue weighted by Crippen LogP contribution is 2.32. The Hall–Kier alpha value is -3.20. The summed E-state index contributed by atoms with van der Waals surface area (Å²) >= 11 is 1.24. The molecule has 1 atom stereocenters. The van der Waals surface area contributed by atoms with Crippen LogP contribution in [0.15, 0.2) is 53.7 Å². The Bertz CT molecular complexity index is 1010. The Morgan fingerprint density at radius 1 is 1.16 bits per heavy atom. The molecule has 2 aromatic carbocycles. The van der Waals surface area contributed by atoms with Gasteiger partial charge in [0.05, 0.1) is 25.5 Å². The summed E-state index contributed by atoms with van der Waals surface area (Å²) in [4.78, 5) is 12.3. The summed E-state index contributed by atoms with van der Waals surface area (Å²) in [6, 6.07) is 15.6. The van der Waals surface area contributed by atoms with Gasteiger partial charge in [-0.3, -0.25) is 4.79 Å². The van der Waals surface area contributed by atoms with E-state index in [1.165, 1.54) is 22.0 Å². The molecule has 9 heteroatoms. The number of benzene rings is 2. The van der Waals surface area contributed by atoms with Crippen LogP contribution in [-0.4, -0.2) is 46.8 Å². The van der Waals surface area contributed by atoms with Gasteiger partial charge in [-0.25, -0.2) is 4.68 Å². The van der Waals surface area contributed by atoms with Crippen molar-refractivity contribution in [1.82, 2.24) is 20.2 Å². The first-order valence-corrected chi connectivity index (χ1v) is 10.9. The second-order valence-corrected chi connectivity index (χ2v) is 7.97. The Morgan fingerprint density at radius 2 is 1.94 bits per heavy atom. The molecule has 1 unspecified atom stereocenters. The van der Waals surface area contributed by atoms with E-state index in [4.69, 9.17) is 15.3 Å². The number of thioether (sulfide) groups is 1. The zero-order valence-electron chi connectivity index (χ0n) is 17.9. The number of hydrogen-bond donors (Lipinski definition) is 2. The number of carbonyl (C=O) groups excluding carboxylic acids is 1. The van der Waals surface area contributed by atoms with Crippen molar-refractivity contribution in [2.45, 2.75) is 31.0 Å². The monoisotopic (exact) mass is 441 g/mol. The van der Waals surface area contributed by atoms with Crippen LogP contribution in [0.25, 0.3) is 11.4 Å². The number of methoxy groups -OCH3 is 2. The smallest absolute Gasteiger partial charge is 0.230 e. The van der Waals surface area contributed by atoms with E-state index in [1.54, 1.807) is 32.4 Å². The van der Waals surface area contributed by atoms with Gasteiger partial charge in [0, 0.05) is 12.1 Å². The molecule has 164 valence electrons. The Labute approximate surface area is 186 Å². The molecule has 0 fully saturated rings. The van der Waals surface area contributed by atoms with Gasteiger partial charge in [0.1, 0.15) is 11.5 Å². The molecule has 1 heterocycles. The quantitative estimate of drug-likeness (QED) is 0.368. The molecular formula is C22H27N5O3S. The SMILES string of the molecule is COc1ccc(-c2nnc(SCC(=O)NC(C)CCc3ccccc3)n2N)c(OC)c1.